The van der Waals surface area contributed by atoms with E-state index in [2.05, 4.69) is 22.5 Å². The highest BCUT2D eigenvalue weighted by atomic mass is 16.2. The van der Waals surface area contributed by atoms with E-state index < -0.39 is 0 Å². The lowest BCUT2D eigenvalue weighted by molar-refractivity contribution is -0.126. The molecule has 0 aliphatic carbocycles. The molecule has 0 aromatic carbocycles. The molecule has 1 rings (SSSR count). The number of hydrogen-bond donors (Lipinski definition) is 2. The SMILES string of the molecule is CC#CCCNC(=O)C1CNC1. The first kappa shape index (κ1) is 9.08. The standard InChI is InChI=1S/C9H14N2O/c1-2-3-4-5-11-9(12)8-6-10-7-8/h8,10H,4-7H2,1H3,(H,11,12). The number of carbonyl (C=O) groups excluding carboxylic acids is 1. The first-order valence-electron chi connectivity index (χ1n) is 4.22. The van der Waals surface area contributed by atoms with Crippen LogP contribution in [0.25, 0.3) is 0 Å². The van der Waals surface area contributed by atoms with Crippen LogP contribution in [-0.2, 0) is 4.79 Å². The molecule has 0 aromatic rings. The summed E-state index contributed by atoms with van der Waals surface area (Å²) < 4.78 is 0. The van der Waals surface area contributed by atoms with Crippen molar-refractivity contribution in [1.82, 2.24) is 10.6 Å². The van der Waals surface area contributed by atoms with Crippen molar-refractivity contribution in [2.24, 2.45) is 5.92 Å². The monoisotopic (exact) mass is 166 g/mol. The van der Waals surface area contributed by atoms with E-state index in [9.17, 15) is 4.79 Å². The Labute approximate surface area is 72.9 Å². The molecule has 1 heterocycles. The van der Waals surface area contributed by atoms with E-state index in [1.807, 2.05) is 0 Å². The minimum absolute atomic E-state index is 0.159. The lowest BCUT2D eigenvalue weighted by Gasteiger charge is -2.25. The molecule has 1 aliphatic heterocycles. The van der Waals surface area contributed by atoms with Gasteiger partial charge in [-0.3, -0.25) is 4.79 Å². The van der Waals surface area contributed by atoms with Crippen LogP contribution in [0.15, 0.2) is 0 Å². The highest BCUT2D eigenvalue weighted by molar-refractivity contribution is 5.79. The molecule has 0 radical (unpaired) electrons. The number of nitrogens with one attached hydrogen (secondary N) is 2. The maximum Gasteiger partial charge on any atom is 0.225 e. The summed E-state index contributed by atoms with van der Waals surface area (Å²) in [4.78, 5) is 11.2. The van der Waals surface area contributed by atoms with Crippen LogP contribution in [-0.4, -0.2) is 25.5 Å². The van der Waals surface area contributed by atoms with E-state index in [4.69, 9.17) is 0 Å². The molecule has 3 heteroatoms. The van der Waals surface area contributed by atoms with E-state index >= 15 is 0 Å². The molecule has 1 amide bonds. The van der Waals surface area contributed by atoms with Crippen molar-refractivity contribution in [1.29, 1.82) is 0 Å². The predicted molar refractivity (Wildman–Crippen MR) is 47.4 cm³/mol. The largest absolute Gasteiger partial charge is 0.355 e. The van der Waals surface area contributed by atoms with Crippen LogP contribution in [0.4, 0.5) is 0 Å². The van der Waals surface area contributed by atoms with Crippen molar-refractivity contribution in [2.75, 3.05) is 19.6 Å². The molecule has 66 valence electrons. The topological polar surface area (TPSA) is 41.1 Å². The fourth-order valence-electron chi connectivity index (χ4n) is 0.992. The Bertz CT molecular complexity index is 210. The molecular weight excluding hydrogens is 152 g/mol. The van der Waals surface area contributed by atoms with E-state index in [0.29, 0.717) is 6.54 Å². The minimum Gasteiger partial charge on any atom is -0.355 e. The van der Waals surface area contributed by atoms with Gasteiger partial charge in [-0.15, -0.1) is 11.8 Å². The molecule has 0 aromatic heterocycles. The van der Waals surface area contributed by atoms with E-state index in [0.717, 1.165) is 19.5 Å². The molecule has 12 heavy (non-hydrogen) atoms. The Kier molecular flexibility index (Phi) is 3.62. The highest BCUT2D eigenvalue weighted by Gasteiger charge is 2.23. The summed E-state index contributed by atoms with van der Waals surface area (Å²) in [6, 6.07) is 0. The lowest BCUT2D eigenvalue weighted by atomic mass is 10.0. The molecular formula is C9H14N2O. The summed E-state index contributed by atoms with van der Waals surface area (Å²) in [5, 5.41) is 5.89. The van der Waals surface area contributed by atoms with Gasteiger partial charge in [0, 0.05) is 26.1 Å². The zero-order chi connectivity index (χ0) is 8.81. The molecule has 0 atom stereocenters. The van der Waals surface area contributed by atoms with Crippen molar-refractivity contribution in [3.63, 3.8) is 0 Å². The molecule has 1 fully saturated rings. The number of carbonyl (C=O) groups is 1. The van der Waals surface area contributed by atoms with Gasteiger partial charge in [0.1, 0.15) is 0 Å². The van der Waals surface area contributed by atoms with Gasteiger partial charge in [-0.2, -0.15) is 0 Å². The molecule has 1 aliphatic rings. The molecule has 0 bridgehead atoms. The van der Waals surface area contributed by atoms with Gasteiger partial charge in [-0.1, -0.05) is 0 Å². The lowest BCUT2D eigenvalue weighted by Crippen LogP contribution is -2.50. The summed E-state index contributed by atoms with van der Waals surface area (Å²) in [5.41, 5.74) is 0. The van der Waals surface area contributed by atoms with E-state index in [1.54, 1.807) is 6.92 Å². The molecule has 0 saturated carbocycles. The summed E-state index contributed by atoms with van der Waals surface area (Å²) >= 11 is 0. The first-order valence-corrected chi connectivity index (χ1v) is 4.22. The van der Waals surface area contributed by atoms with Crippen molar-refractivity contribution in [3.05, 3.63) is 0 Å². The molecule has 2 N–H and O–H groups in total. The summed E-state index contributed by atoms with van der Waals surface area (Å²) in [6.07, 6.45) is 0.752. The first-order chi connectivity index (χ1) is 5.84. The van der Waals surface area contributed by atoms with Crippen molar-refractivity contribution in [2.45, 2.75) is 13.3 Å². The third kappa shape index (κ3) is 2.55. The Morgan fingerprint density at radius 1 is 1.67 bits per heavy atom. The van der Waals surface area contributed by atoms with E-state index in [1.165, 1.54) is 0 Å². The van der Waals surface area contributed by atoms with Crippen LogP contribution in [0, 0.1) is 17.8 Å². The minimum atomic E-state index is 0.159. The summed E-state index contributed by atoms with van der Waals surface area (Å²) in [6.45, 7) is 4.13. The Hall–Kier alpha value is -1.01. The second kappa shape index (κ2) is 4.78. The molecule has 1 saturated heterocycles. The van der Waals surface area contributed by atoms with Crippen LogP contribution >= 0.6 is 0 Å². The number of amides is 1. The van der Waals surface area contributed by atoms with Gasteiger partial charge in [-0.05, 0) is 6.92 Å². The van der Waals surface area contributed by atoms with Crippen LogP contribution in [0.2, 0.25) is 0 Å². The predicted octanol–water partition coefficient (Wildman–Crippen LogP) is -0.265. The second-order valence-electron chi connectivity index (χ2n) is 2.82. The average Bonchev–Trinajstić information content (AvgIpc) is 1.95. The van der Waals surface area contributed by atoms with Gasteiger partial charge in [-0.25, -0.2) is 0 Å². The van der Waals surface area contributed by atoms with Crippen LogP contribution in [0.3, 0.4) is 0 Å². The normalized spacial score (nSPS) is 15.8. The number of rotatable bonds is 3. The van der Waals surface area contributed by atoms with E-state index in [-0.39, 0.29) is 11.8 Å². The van der Waals surface area contributed by atoms with Crippen LogP contribution < -0.4 is 10.6 Å². The fraction of sp³-hybridized carbons (Fsp3) is 0.667. The Morgan fingerprint density at radius 3 is 2.92 bits per heavy atom. The van der Waals surface area contributed by atoms with Crippen LogP contribution in [0.5, 0.6) is 0 Å². The maximum absolute atomic E-state index is 11.2. The smallest absolute Gasteiger partial charge is 0.225 e. The van der Waals surface area contributed by atoms with Crippen molar-refractivity contribution >= 4 is 5.91 Å². The average molecular weight is 166 g/mol. The fourth-order valence-corrected chi connectivity index (χ4v) is 0.992. The zero-order valence-corrected chi connectivity index (χ0v) is 7.31. The highest BCUT2D eigenvalue weighted by Crippen LogP contribution is 2.01. The Morgan fingerprint density at radius 2 is 2.42 bits per heavy atom. The van der Waals surface area contributed by atoms with Crippen LogP contribution in [0.1, 0.15) is 13.3 Å². The molecule has 3 nitrogen and oxygen atoms in total. The maximum atomic E-state index is 11.2. The van der Waals surface area contributed by atoms with Crippen molar-refractivity contribution < 1.29 is 4.79 Å². The summed E-state index contributed by atoms with van der Waals surface area (Å²) in [7, 11) is 0. The molecule has 0 spiro atoms. The third-order valence-electron chi connectivity index (χ3n) is 1.88. The molecule has 0 unspecified atom stereocenters. The third-order valence-corrected chi connectivity index (χ3v) is 1.88. The van der Waals surface area contributed by atoms with Gasteiger partial charge in [0.2, 0.25) is 5.91 Å². The van der Waals surface area contributed by atoms with Crippen molar-refractivity contribution in [3.8, 4) is 11.8 Å². The van der Waals surface area contributed by atoms with Gasteiger partial charge in [0.05, 0.1) is 5.92 Å². The van der Waals surface area contributed by atoms with Gasteiger partial charge >= 0.3 is 0 Å². The Balaban J connectivity index is 2.04. The number of hydrogen-bond acceptors (Lipinski definition) is 2. The summed E-state index contributed by atoms with van der Waals surface area (Å²) in [5.74, 6) is 6.04. The zero-order valence-electron chi connectivity index (χ0n) is 7.31. The van der Waals surface area contributed by atoms with Gasteiger partial charge in [0.25, 0.3) is 0 Å². The quantitative estimate of drug-likeness (QED) is 0.448. The van der Waals surface area contributed by atoms with Gasteiger partial charge < -0.3 is 10.6 Å². The second-order valence-corrected chi connectivity index (χ2v) is 2.82. The van der Waals surface area contributed by atoms with Gasteiger partial charge in [0.15, 0.2) is 0 Å².